The highest BCUT2D eigenvalue weighted by Gasteiger charge is 2.08. The Morgan fingerprint density at radius 3 is 2.45 bits per heavy atom. The molecule has 0 spiro atoms. The van der Waals surface area contributed by atoms with Crippen molar-refractivity contribution in [3.63, 3.8) is 0 Å². The Hall–Kier alpha value is -1.80. The summed E-state index contributed by atoms with van der Waals surface area (Å²) >= 11 is 0. The van der Waals surface area contributed by atoms with E-state index >= 15 is 0 Å². The Morgan fingerprint density at radius 2 is 1.75 bits per heavy atom. The van der Waals surface area contributed by atoms with Crippen molar-refractivity contribution < 1.29 is 4.74 Å². The molecule has 0 aliphatic rings. The van der Waals surface area contributed by atoms with E-state index in [2.05, 4.69) is 38.1 Å². The Balaban J connectivity index is 2.22. The Labute approximate surface area is 121 Å². The zero-order valence-corrected chi connectivity index (χ0v) is 12.5. The topological polar surface area (TPSA) is 35.2 Å². The molecular formula is C18H23NO. The first-order valence-corrected chi connectivity index (χ1v) is 7.17. The quantitative estimate of drug-likeness (QED) is 0.867. The van der Waals surface area contributed by atoms with Gasteiger partial charge in [-0.25, -0.2) is 0 Å². The van der Waals surface area contributed by atoms with Crippen LogP contribution in [0.5, 0.6) is 11.5 Å². The first-order chi connectivity index (χ1) is 9.56. The summed E-state index contributed by atoms with van der Waals surface area (Å²) in [4.78, 5) is 0. The zero-order valence-electron chi connectivity index (χ0n) is 12.5. The summed E-state index contributed by atoms with van der Waals surface area (Å²) in [6, 6.07) is 16.5. The highest BCUT2D eigenvalue weighted by atomic mass is 16.5. The normalized spacial score (nSPS) is 12.4. The van der Waals surface area contributed by atoms with Crippen LogP contribution in [-0.2, 0) is 6.42 Å². The fourth-order valence-electron chi connectivity index (χ4n) is 2.29. The lowest BCUT2D eigenvalue weighted by Crippen LogP contribution is -2.17. The van der Waals surface area contributed by atoms with Crippen molar-refractivity contribution in [3.8, 4) is 11.5 Å². The lowest BCUT2D eigenvalue weighted by Gasteiger charge is -2.14. The van der Waals surface area contributed by atoms with Crippen LogP contribution in [0.25, 0.3) is 0 Å². The Kier molecular flexibility index (Phi) is 4.80. The van der Waals surface area contributed by atoms with E-state index in [1.54, 1.807) is 0 Å². The largest absolute Gasteiger partial charge is 0.457 e. The van der Waals surface area contributed by atoms with Gasteiger partial charge in [0.1, 0.15) is 11.5 Å². The third kappa shape index (κ3) is 3.84. The summed E-state index contributed by atoms with van der Waals surface area (Å²) in [6.45, 7) is 6.37. The van der Waals surface area contributed by atoms with Gasteiger partial charge in [0.25, 0.3) is 0 Å². The van der Waals surface area contributed by atoms with Crippen molar-refractivity contribution in [2.45, 2.75) is 39.2 Å². The second kappa shape index (κ2) is 6.58. The maximum atomic E-state index is 6.05. The van der Waals surface area contributed by atoms with Crippen LogP contribution in [0.4, 0.5) is 0 Å². The minimum Gasteiger partial charge on any atom is -0.457 e. The summed E-state index contributed by atoms with van der Waals surface area (Å²) in [6.07, 6.45) is 0.864. The van der Waals surface area contributed by atoms with Crippen LogP contribution < -0.4 is 10.5 Å². The SMILES string of the molecule is CC(N)Cc1cccc(Oc2ccccc2C(C)C)c1. The molecule has 1 atom stereocenters. The lowest BCUT2D eigenvalue weighted by atomic mass is 10.0. The fourth-order valence-corrected chi connectivity index (χ4v) is 2.29. The average molecular weight is 269 g/mol. The van der Waals surface area contributed by atoms with Gasteiger partial charge in [0.15, 0.2) is 0 Å². The van der Waals surface area contributed by atoms with E-state index in [1.165, 1.54) is 11.1 Å². The van der Waals surface area contributed by atoms with Gasteiger partial charge in [-0.1, -0.05) is 44.2 Å². The predicted molar refractivity (Wildman–Crippen MR) is 84.4 cm³/mol. The molecule has 0 saturated carbocycles. The van der Waals surface area contributed by atoms with E-state index in [0.717, 1.165) is 17.9 Å². The molecule has 0 fully saturated rings. The molecule has 2 rings (SSSR count). The van der Waals surface area contributed by atoms with Gasteiger partial charge in [0.2, 0.25) is 0 Å². The number of para-hydroxylation sites is 1. The molecule has 2 heteroatoms. The monoisotopic (exact) mass is 269 g/mol. The highest BCUT2D eigenvalue weighted by Crippen LogP contribution is 2.30. The van der Waals surface area contributed by atoms with Crippen LogP contribution in [0.3, 0.4) is 0 Å². The lowest BCUT2D eigenvalue weighted by molar-refractivity contribution is 0.472. The third-order valence-corrected chi connectivity index (χ3v) is 3.22. The molecule has 0 aliphatic heterocycles. The van der Waals surface area contributed by atoms with Gasteiger partial charge in [-0.2, -0.15) is 0 Å². The van der Waals surface area contributed by atoms with E-state index in [9.17, 15) is 0 Å². The average Bonchev–Trinajstić information content (AvgIpc) is 2.38. The van der Waals surface area contributed by atoms with Gasteiger partial charge in [0.05, 0.1) is 0 Å². The maximum absolute atomic E-state index is 6.05. The van der Waals surface area contributed by atoms with E-state index < -0.39 is 0 Å². The summed E-state index contributed by atoms with van der Waals surface area (Å²) in [5, 5.41) is 0. The summed E-state index contributed by atoms with van der Waals surface area (Å²) in [5.41, 5.74) is 8.28. The van der Waals surface area contributed by atoms with Crippen molar-refractivity contribution in [2.24, 2.45) is 5.73 Å². The molecule has 0 bridgehead atoms. The molecule has 2 nitrogen and oxygen atoms in total. The predicted octanol–water partition coefficient (Wildman–Crippen LogP) is 4.49. The second-order valence-corrected chi connectivity index (χ2v) is 5.62. The van der Waals surface area contributed by atoms with E-state index in [1.807, 2.05) is 31.2 Å². The van der Waals surface area contributed by atoms with Crippen molar-refractivity contribution in [1.82, 2.24) is 0 Å². The minimum absolute atomic E-state index is 0.160. The van der Waals surface area contributed by atoms with E-state index in [0.29, 0.717) is 5.92 Å². The molecule has 0 heterocycles. The van der Waals surface area contributed by atoms with Gasteiger partial charge >= 0.3 is 0 Å². The molecule has 0 radical (unpaired) electrons. The van der Waals surface area contributed by atoms with Crippen LogP contribution in [0.15, 0.2) is 48.5 Å². The maximum Gasteiger partial charge on any atom is 0.130 e. The number of hydrogen-bond acceptors (Lipinski definition) is 2. The summed E-state index contributed by atoms with van der Waals surface area (Å²) in [7, 11) is 0. The van der Waals surface area contributed by atoms with Gasteiger partial charge in [0, 0.05) is 6.04 Å². The second-order valence-electron chi connectivity index (χ2n) is 5.62. The molecule has 2 aromatic carbocycles. The molecule has 20 heavy (non-hydrogen) atoms. The number of benzene rings is 2. The number of ether oxygens (including phenoxy) is 1. The number of nitrogens with two attached hydrogens (primary N) is 1. The molecule has 0 saturated heterocycles. The van der Waals surface area contributed by atoms with Crippen LogP contribution in [0.1, 0.15) is 37.8 Å². The van der Waals surface area contributed by atoms with Crippen LogP contribution in [0.2, 0.25) is 0 Å². The molecular weight excluding hydrogens is 246 g/mol. The van der Waals surface area contributed by atoms with Crippen LogP contribution in [-0.4, -0.2) is 6.04 Å². The first kappa shape index (κ1) is 14.6. The van der Waals surface area contributed by atoms with Crippen molar-refractivity contribution >= 4 is 0 Å². The van der Waals surface area contributed by atoms with Gasteiger partial charge < -0.3 is 10.5 Å². The Morgan fingerprint density at radius 1 is 1.00 bits per heavy atom. The molecule has 1 unspecified atom stereocenters. The number of rotatable bonds is 5. The van der Waals surface area contributed by atoms with E-state index in [-0.39, 0.29) is 6.04 Å². The standard InChI is InChI=1S/C18H23NO/c1-13(2)17-9-4-5-10-18(17)20-16-8-6-7-15(12-16)11-14(3)19/h4-10,12-14H,11,19H2,1-3H3. The zero-order chi connectivity index (χ0) is 14.5. The molecule has 0 aromatic heterocycles. The first-order valence-electron chi connectivity index (χ1n) is 7.17. The summed E-state index contributed by atoms with van der Waals surface area (Å²) < 4.78 is 6.05. The van der Waals surface area contributed by atoms with Crippen molar-refractivity contribution in [3.05, 3.63) is 59.7 Å². The summed E-state index contributed by atoms with van der Waals surface area (Å²) in [5.74, 6) is 2.25. The molecule has 0 aliphatic carbocycles. The van der Waals surface area contributed by atoms with Gasteiger partial charge in [-0.05, 0) is 48.6 Å². The van der Waals surface area contributed by atoms with Crippen LogP contribution in [0, 0.1) is 0 Å². The van der Waals surface area contributed by atoms with E-state index in [4.69, 9.17) is 10.5 Å². The number of hydrogen-bond donors (Lipinski definition) is 1. The van der Waals surface area contributed by atoms with Gasteiger partial charge in [-0.15, -0.1) is 0 Å². The molecule has 0 amide bonds. The Bertz CT molecular complexity index is 561. The molecule has 106 valence electrons. The molecule has 2 N–H and O–H groups in total. The van der Waals surface area contributed by atoms with Crippen molar-refractivity contribution in [2.75, 3.05) is 0 Å². The van der Waals surface area contributed by atoms with Crippen LogP contribution >= 0.6 is 0 Å². The highest BCUT2D eigenvalue weighted by molar-refractivity contribution is 5.40. The van der Waals surface area contributed by atoms with Gasteiger partial charge in [-0.3, -0.25) is 0 Å². The third-order valence-electron chi connectivity index (χ3n) is 3.22. The fraction of sp³-hybridized carbons (Fsp3) is 0.333. The van der Waals surface area contributed by atoms with Crippen molar-refractivity contribution in [1.29, 1.82) is 0 Å². The molecule has 2 aromatic rings. The minimum atomic E-state index is 0.160. The smallest absolute Gasteiger partial charge is 0.130 e.